The van der Waals surface area contributed by atoms with Crippen LogP contribution in [-0.4, -0.2) is 66.3 Å². The molecule has 2 rings (SSSR count). The molecule has 1 aromatic carbocycles. The molecule has 1 fully saturated rings. The number of hydrogen-bond acceptors (Lipinski definition) is 11. The third-order valence-corrected chi connectivity index (χ3v) is 4.04. The van der Waals surface area contributed by atoms with E-state index in [-0.39, 0.29) is 18.1 Å². The van der Waals surface area contributed by atoms with Gasteiger partial charge in [-0.2, -0.15) is 0 Å². The monoisotopic (exact) mass is 440 g/mol. The predicted octanol–water partition coefficient (Wildman–Crippen LogP) is 0.854. The van der Waals surface area contributed by atoms with Crippen LogP contribution in [0.25, 0.3) is 0 Å². The van der Waals surface area contributed by atoms with E-state index in [0.717, 1.165) is 20.8 Å². The van der Waals surface area contributed by atoms with Gasteiger partial charge in [0.1, 0.15) is 24.2 Å². The molecule has 0 aromatic heterocycles. The minimum Gasteiger partial charge on any atom is -0.508 e. The van der Waals surface area contributed by atoms with Crippen molar-refractivity contribution in [1.29, 1.82) is 0 Å². The highest BCUT2D eigenvalue weighted by Gasteiger charge is 2.53. The van der Waals surface area contributed by atoms with Gasteiger partial charge in [-0.25, -0.2) is 0 Å². The third-order valence-electron chi connectivity index (χ3n) is 4.04. The lowest BCUT2D eigenvalue weighted by Gasteiger charge is -2.43. The Bertz CT molecular complexity index is 804. The van der Waals surface area contributed by atoms with E-state index in [1.165, 1.54) is 31.2 Å². The van der Waals surface area contributed by atoms with Crippen LogP contribution in [0.4, 0.5) is 0 Å². The van der Waals surface area contributed by atoms with Crippen molar-refractivity contribution in [1.82, 2.24) is 0 Å². The number of aromatic hydroxyl groups is 1. The maximum Gasteiger partial charge on any atom is 0.303 e. The normalized spacial score (nSPS) is 25.1. The minimum absolute atomic E-state index is 0.00565. The van der Waals surface area contributed by atoms with Crippen molar-refractivity contribution in [2.24, 2.45) is 0 Å². The molecule has 0 spiro atoms. The zero-order chi connectivity index (χ0) is 23.1. The fourth-order valence-electron chi connectivity index (χ4n) is 2.94. The summed E-state index contributed by atoms with van der Waals surface area (Å²) < 4.78 is 32.4. The summed E-state index contributed by atoms with van der Waals surface area (Å²) in [4.78, 5) is 46.4. The van der Waals surface area contributed by atoms with Gasteiger partial charge in [-0.15, -0.1) is 0 Å². The number of benzene rings is 1. The Labute approximate surface area is 178 Å². The van der Waals surface area contributed by atoms with E-state index in [0.29, 0.717) is 0 Å². The Morgan fingerprint density at radius 2 is 1.32 bits per heavy atom. The first-order valence-electron chi connectivity index (χ1n) is 9.33. The van der Waals surface area contributed by atoms with Crippen LogP contribution in [0.15, 0.2) is 24.3 Å². The zero-order valence-electron chi connectivity index (χ0n) is 17.4. The smallest absolute Gasteiger partial charge is 0.303 e. The van der Waals surface area contributed by atoms with Crippen molar-refractivity contribution in [2.75, 3.05) is 6.61 Å². The molecule has 0 unspecified atom stereocenters. The van der Waals surface area contributed by atoms with E-state index >= 15 is 0 Å². The fourth-order valence-corrected chi connectivity index (χ4v) is 2.94. The molecule has 5 atom stereocenters. The molecule has 31 heavy (non-hydrogen) atoms. The van der Waals surface area contributed by atoms with Gasteiger partial charge in [0, 0.05) is 27.7 Å². The first-order chi connectivity index (χ1) is 14.6. The zero-order valence-corrected chi connectivity index (χ0v) is 17.4. The van der Waals surface area contributed by atoms with Crippen molar-refractivity contribution < 1.29 is 52.7 Å². The molecule has 0 amide bonds. The molecule has 1 heterocycles. The molecular weight excluding hydrogens is 416 g/mol. The number of esters is 4. The van der Waals surface area contributed by atoms with Crippen LogP contribution in [-0.2, 0) is 42.9 Å². The molecule has 0 bridgehead atoms. The lowest BCUT2D eigenvalue weighted by Crippen LogP contribution is -2.63. The van der Waals surface area contributed by atoms with Crippen LogP contribution in [0.2, 0.25) is 0 Å². The van der Waals surface area contributed by atoms with Crippen molar-refractivity contribution >= 4 is 23.9 Å². The van der Waals surface area contributed by atoms with Crippen molar-refractivity contribution in [2.45, 2.75) is 58.4 Å². The molecule has 0 aliphatic carbocycles. The number of phenolic OH excluding ortho intramolecular Hbond substituents is 1. The number of phenols is 1. The van der Waals surface area contributed by atoms with Gasteiger partial charge in [-0.3, -0.25) is 19.2 Å². The quantitative estimate of drug-likeness (QED) is 0.476. The second-order valence-electron chi connectivity index (χ2n) is 6.68. The van der Waals surface area contributed by atoms with Gasteiger partial charge in [0.15, 0.2) is 12.2 Å². The summed E-state index contributed by atoms with van der Waals surface area (Å²) in [5.74, 6) is -2.58. The highest BCUT2D eigenvalue weighted by molar-refractivity contribution is 5.68. The van der Waals surface area contributed by atoms with Crippen LogP contribution >= 0.6 is 0 Å². The van der Waals surface area contributed by atoms with E-state index in [9.17, 15) is 24.3 Å². The molecule has 11 heteroatoms. The summed E-state index contributed by atoms with van der Waals surface area (Å²) in [5, 5.41) is 9.45. The molecule has 0 saturated carbocycles. The molecule has 1 saturated heterocycles. The molecular formula is C20H24O11. The topological polar surface area (TPSA) is 144 Å². The Morgan fingerprint density at radius 3 is 1.84 bits per heavy atom. The van der Waals surface area contributed by atoms with Crippen molar-refractivity contribution in [3.05, 3.63) is 24.3 Å². The fraction of sp³-hybridized carbons (Fsp3) is 0.500. The van der Waals surface area contributed by atoms with E-state index in [1.54, 1.807) is 0 Å². The van der Waals surface area contributed by atoms with Gasteiger partial charge >= 0.3 is 23.9 Å². The maximum atomic E-state index is 11.8. The largest absolute Gasteiger partial charge is 0.508 e. The summed E-state index contributed by atoms with van der Waals surface area (Å²) >= 11 is 0. The van der Waals surface area contributed by atoms with Gasteiger partial charge in [0.25, 0.3) is 0 Å². The van der Waals surface area contributed by atoms with Gasteiger partial charge in [-0.1, -0.05) is 0 Å². The van der Waals surface area contributed by atoms with Crippen LogP contribution in [0.5, 0.6) is 11.5 Å². The lowest BCUT2D eigenvalue weighted by molar-refractivity contribution is -0.288. The molecule has 0 radical (unpaired) electrons. The van der Waals surface area contributed by atoms with Crippen molar-refractivity contribution in [3.8, 4) is 11.5 Å². The SMILES string of the molecule is CC(=O)OC[C@H]1O[C@H](Oc2ccc(O)cc2)[C@H](OC(C)=O)[C@@H](OC(C)=O)[C@H]1OC(C)=O. The van der Waals surface area contributed by atoms with Gasteiger partial charge < -0.3 is 33.5 Å². The molecule has 1 N–H and O–H groups in total. The Morgan fingerprint density at radius 1 is 0.806 bits per heavy atom. The summed E-state index contributed by atoms with van der Waals surface area (Å²) in [6, 6.07) is 5.59. The molecule has 170 valence electrons. The van der Waals surface area contributed by atoms with E-state index in [2.05, 4.69) is 0 Å². The molecule has 1 aliphatic heterocycles. The lowest BCUT2D eigenvalue weighted by atomic mass is 9.98. The average Bonchev–Trinajstić information content (AvgIpc) is 2.65. The van der Waals surface area contributed by atoms with Gasteiger partial charge in [0.2, 0.25) is 12.4 Å². The van der Waals surface area contributed by atoms with Gasteiger partial charge in [0.05, 0.1) is 0 Å². The maximum absolute atomic E-state index is 11.8. The van der Waals surface area contributed by atoms with Gasteiger partial charge in [-0.05, 0) is 24.3 Å². The Kier molecular flexibility index (Phi) is 8.20. The van der Waals surface area contributed by atoms with Crippen LogP contribution < -0.4 is 4.74 Å². The molecule has 1 aromatic rings. The Hall–Kier alpha value is -3.34. The second-order valence-corrected chi connectivity index (χ2v) is 6.68. The van der Waals surface area contributed by atoms with E-state index in [1.807, 2.05) is 0 Å². The second kappa shape index (κ2) is 10.6. The standard InChI is InChI=1S/C20H24O11/c1-10(21)26-9-16-17(27-11(2)22)18(28-12(3)23)19(29-13(4)24)20(31-16)30-15-7-5-14(25)6-8-15/h5-8,16-20,25H,9H2,1-4H3/t16-,17+,18+,19-,20+/m1/s1. The van der Waals surface area contributed by atoms with E-state index < -0.39 is 54.6 Å². The first-order valence-corrected chi connectivity index (χ1v) is 9.33. The summed E-state index contributed by atoms with van der Waals surface area (Å²) in [6.07, 6.45) is -6.34. The summed E-state index contributed by atoms with van der Waals surface area (Å²) in [6.45, 7) is 4.22. The first kappa shape index (κ1) is 23.9. The van der Waals surface area contributed by atoms with Crippen LogP contribution in [0.1, 0.15) is 27.7 Å². The predicted molar refractivity (Wildman–Crippen MR) is 101 cm³/mol. The number of carbonyl (C=O) groups is 4. The highest BCUT2D eigenvalue weighted by Crippen LogP contribution is 2.31. The van der Waals surface area contributed by atoms with E-state index in [4.69, 9.17) is 28.4 Å². The highest BCUT2D eigenvalue weighted by atomic mass is 16.7. The number of rotatable bonds is 7. The van der Waals surface area contributed by atoms with Crippen LogP contribution in [0, 0.1) is 0 Å². The third kappa shape index (κ3) is 7.14. The molecule has 11 nitrogen and oxygen atoms in total. The average molecular weight is 440 g/mol. The summed E-state index contributed by atoms with van der Waals surface area (Å²) in [5.41, 5.74) is 0. The Balaban J connectivity index is 2.43. The number of ether oxygens (including phenoxy) is 6. The summed E-state index contributed by atoms with van der Waals surface area (Å²) in [7, 11) is 0. The molecule has 1 aliphatic rings. The minimum atomic E-state index is -1.33. The number of carbonyl (C=O) groups excluding carboxylic acids is 4. The number of hydrogen-bond donors (Lipinski definition) is 1. The van der Waals surface area contributed by atoms with Crippen LogP contribution in [0.3, 0.4) is 0 Å². The van der Waals surface area contributed by atoms with Crippen molar-refractivity contribution in [3.63, 3.8) is 0 Å².